The van der Waals surface area contributed by atoms with Crippen molar-refractivity contribution in [2.24, 2.45) is 4.99 Å². The molecule has 116 valence electrons. The van der Waals surface area contributed by atoms with E-state index in [1.165, 1.54) is 12.8 Å². The summed E-state index contributed by atoms with van der Waals surface area (Å²) in [6, 6.07) is 7.86. The summed E-state index contributed by atoms with van der Waals surface area (Å²) in [7, 11) is 1.75. The van der Waals surface area contributed by atoms with Crippen LogP contribution in [0.4, 0.5) is 0 Å². The highest BCUT2D eigenvalue weighted by atomic mass is 127. The van der Waals surface area contributed by atoms with E-state index in [4.69, 9.17) is 0 Å². The van der Waals surface area contributed by atoms with Crippen LogP contribution >= 0.6 is 39.9 Å². The van der Waals surface area contributed by atoms with Crippen LogP contribution in [0.5, 0.6) is 0 Å². The molecule has 1 aliphatic carbocycles. The number of hydrogen-bond acceptors (Lipinski definition) is 2. The number of benzene rings is 1. The molecule has 1 aliphatic rings. The molecule has 0 heterocycles. The molecule has 21 heavy (non-hydrogen) atoms. The minimum atomic E-state index is -0.0653. The third kappa shape index (κ3) is 6.64. The van der Waals surface area contributed by atoms with Gasteiger partial charge in [-0.3, -0.25) is 9.79 Å². The van der Waals surface area contributed by atoms with Crippen LogP contribution in [0.1, 0.15) is 23.2 Å². The molecule has 3 N–H and O–H groups in total. The lowest BCUT2D eigenvalue weighted by Gasteiger charge is -2.11. The highest BCUT2D eigenvalue weighted by Gasteiger charge is 2.21. The van der Waals surface area contributed by atoms with E-state index in [9.17, 15) is 4.79 Å². The zero-order chi connectivity index (χ0) is 14.4. The van der Waals surface area contributed by atoms with Gasteiger partial charge in [-0.1, -0.05) is 15.9 Å². The van der Waals surface area contributed by atoms with Crippen molar-refractivity contribution < 1.29 is 4.79 Å². The monoisotopic (exact) mass is 466 g/mol. The summed E-state index contributed by atoms with van der Waals surface area (Å²) in [6.07, 6.45) is 2.42. The van der Waals surface area contributed by atoms with Gasteiger partial charge in [0.15, 0.2) is 5.96 Å². The highest BCUT2D eigenvalue weighted by Crippen LogP contribution is 2.18. The molecule has 0 radical (unpaired) electrons. The lowest BCUT2D eigenvalue weighted by molar-refractivity contribution is 0.0954. The van der Waals surface area contributed by atoms with Crippen LogP contribution in [0.2, 0.25) is 0 Å². The number of nitrogens with one attached hydrogen (secondary N) is 3. The van der Waals surface area contributed by atoms with Crippen molar-refractivity contribution in [2.75, 3.05) is 20.1 Å². The zero-order valence-corrected chi connectivity index (χ0v) is 15.8. The van der Waals surface area contributed by atoms with Gasteiger partial charge in [-0.05, 0) is 37.1 Å². The third-order valence-electron chi connectivity index (χ3n) is 2.95. The molecular formula is C14H20BrIN4O. The Morgan fingerprint density at radius 1 is 1.24 bits per heavy atom. The van der Waals surface area contributed by atoms with Crippen LogP contribution < -0.4 is 16.0 Å². The third-order valence-corrected chi connectivity index (χ3v) is 3.48. The van der Waals surface area contributed by atoms with Crippen molar-refractivity contribution in [3.63, 3.8) is 0 Å². The van der Waals surface area contributed by atoms with Crippen molar-refractivity contribution in [1.29, 1.82) is 0 Å². The SMILES string of the molecule is CN=C(NCCNC(=O)c1ccc(Br)cc1)NC1CC1.I. The second kappa shape index (κ2) is 9.24. The summed E-state index contributed by atoms with van der Waals surface area (Å²) in [4.78, 5) is 16.0. The zero-order valence-electron chi connectivity index (χ0n) is 11.9. The van der Waals surface area contributed by atoms with E-state index < -0.39 is 0 Å². The maximum Gasteiger partial charge on any atom is 0.251 e. The number of aliphatic imine (C=N–C) groups is 1. The van der Waals surface area contributed by atoms with Gasteiger partial charge in [0, 0.05) is 36.2 Å². The van der Waals surface area contributed by atoms with Crippen molar-refractivity contribution in [2.45, 2.75) is 18.9 Å². The molecule has 0 spiro atoms. The summed E-state index contributed by atoms with van der Waals surface area (Å²) >= 11 is 3.35. The Morgan fingerprint density at radius 2 is 1.86 bits per heavy atom. The molecule has 7 heteroatoms. The van der Waals surface area contributed by atoms with Gasteiger partial charge in [-0.25, -0.2) is 0 Å². The van der Waals surface area contributed by atoms with E-state index in [0.29, 0.717) is 24.7 Å². The van der Waals surface area contributed by atoms with Gasteiger partial charge in [0.1, 0.15) is 0 Å². The Morgan fingerprint density at radius 3 is 2.43 bits per heavy atom. The minimum Gasteiger partial charge on any atom is -0.355 e. The van der Waals surface area contributed by atoms with Gasteiger partial charge >= 0.3 is 0 Å². The fourth-order valence-electron chi connectivity index (χ4n) is 1.68. The van der Waals surface area contributed by atoms with E-state index in [-0.39, 0.29) is 29.9 Å². The quantitative estimate of drug-likeness (QED) is 0.269. The molecule has 5 nitrogen and oxygen atoms in total. The second-order valence-electron chi connectivity index (χ2n) is 4.68. The van der Waals surface area contributed by atoms with Crippen molar-refractivity contribution in [3.05, 3.63) is 34.3 Å². The fourth-order valence-corrected chi connectivity index (χ4v) is 1.94. The molecule has 0 atom stereocenters. The lowest BCUT2D eigenvalue weighted by Crippen LogP contribution is -2.42. The molecule has 0 unspecified atom stereocenters. The van der Waals surface area contributed by atoms with Gasteiger partial charge in [0.25, 0.3) is 5.91 Å². The van der Waals surface area contributed by atoms with Crippen LogP contribution in [0, 0.1) is 0 Å². The first kappa shape index (κ1) is 18.2. The Balaban J connectivity index is 0.00000220. The Labute approximate surface area is 150 Å². The summed E-state index contributed by atoms with van der Waals surface area (Å²) in [5, 5.41) is 9.33. The number of carbonyl (C=O) groups is 1. The molecule has 1 amide bonds. The van der Waals surface area contributed by atoms with Gasteiger partial charge < -0.3 is 16.0 Å². The van der Waals surface area contributed by atoms with Gasteiger partial charge in [0.05, 0.1) is 0 Å². The number of carbonyl (C=O) groups excluding carboxylic acids is 1. The normalized spacial score (nSPS) is 14.1. The van der Waals surface area contributed by atoms with Crippen LogP contribution in [0.25, 0.3) is 0 Å². The van der Waals surface area contributed by atoms with Crippen molar-refractivity contribution in [3.8, 4) is 0 Å². The van der Waals surface area contributed by atoms with E-state index >= 15 is 0 Å². The average Bonchev–Trinajstić information content (AvgIpc) is 3.26. The van der Waals surface area contributed by atoms with E-state index in [1.807, 2.05) is 12.1 Å². The molecule has 0 saturated heterocycles. The van der Waals surface area contributed by atoms with E-state index in [2.05, 4.69) is 36.9 Å². The summed E-state index contributed by atoms with van der Waals surface area (Å²) in [6.45, 7) is 1.20. The topological polar surface area (TPSA) is 65.5 Å². The maximum absolute atomic E-state index is 11.9. The number of guanidine groups is 1. The Hall–Kier alpha value is -0.830. The lowest BCUT2D eigenvalue weighted by atomic mass is 10.2. The van der Waals surface area contributed by atoms with Crippen LogP contribution in [-0.4, -0.2) is 38.0 Å². The maximum atomic E-state index is 11.9. The first-order valence-electron chi connectivity index (χ1n) is 6.70. The predicted octanol–water partition coefficient (Wildman–Crippen LogP) is 2.12. The van der Waals surface area contributed by atoms with E-state index in [0.717, 1.165) is 10.4 Å². The van der Waals surface area contributed by atoms with Crippen molar-refractivity contribution in [1.82, 2.24) is 16.0 Å². The minimum absolute atomic E-state index is 0. The number of nitrogens with zero attached hydrogens (tertiary/aromatic N) is 1. The molecule has 1 saturated carbocycles. The summed E-state index contributed by atoms with van der Waals surface area (Å²) < 4.78 is 0.964. The molecular weight excluding hydrogens is 447 g/mol. The smallest absolute Gasteiger partial charge is 0.251 e. The van der Waals surface area contributed by atoms with Crippen LogP contribution in [0.15, 0.2) is 33.7 Å². The standard InChI is InChI=1S/C14H19BrN4O.HI/c1-16-14(19-12-6-7-12)18-9-8-17-13(20)10-2-4-11(15)5-3-10;/h2-5,12H,6-9H2,1H3,(H,17,20)(H2,16,18,19);1H. The molecule has 0 bridgehead atoms. The first-order valence-corrected chi connectivity index (χ1v) is 7.49. The molecule has 1 aromatic carbocycles. The van der Waals surface area contributed by atoms with Gasteiger partial charge in [-0.15, -0.1) is 24.0 Å². The molecule has 2 rings (SSSR count). The van der Waals surface area contributed by atoms with Crippen LogP contribution in [-0.2, 0) is 0 Å². The number of halogens is 2. The molecule has 1 aromatic rings. The molecule has 0 aliphatic heterocycles. The predicted molar refractivity (Wildman–Crippen MR) is 99.4 cm³/mol. The highest BCUT2D eigenvalue weighted by molar-refractivity contribution is 14.0. The largest absolute Gasteiger partial charge is 0.355 e. The number of amides is 1. The Bertz CT molecular complexity index is 488. The second-order valence-corrected chi connectivity index (χ2v) is 5.60. The summed E-state index contributed by atoms with van der Waals surface area (Å²) in [5.41, 5.74) is 0.661. The average molecular weight is 467 g/mol. The number of rotatable bonds is 5. The van der Waals surface area contributed by atoms with E-state index in [1.54, 1.807) is 19.2 Å². The Kier molecular flexibility index (Phi) is 8.02. The molecule has 1 fully saturated rings. The number of hydrogen-bond donors (Lipinski definition) is 3. The van der Waals surface area contributed by atoms with Crippen LogP contribution in [0.3, 0.4) is 0 Å². The first-order chi connectivity index (χ1) is 9.69. The van der Waals surface area contributed by atoms with Gasteiger partial charge in [-0.2, -0.15) is 0 Å². The van der Waals surface area contributed by atoms with Crippen molar-refractivity contribution >= 4 is 51.8 Å². The fraction of sp³-hybridized carbons (Fsp3) is 0.429. The molecule has 0 aromatic heterocycles. The summed E-state index contributed by atoms with van der Waals surface area (Å²) in [5.74, 6) is 0.731. The van der Waals surface area contributed by atoms with Gasteiger partial charge in [0.2, 0.25) is 0 Å².